The predicted molar refractivity (Wildman–Crippen MR) is 110 cm³/mol. The molecule has 1 heterocycles. The van der Waals surface area contributed by atoms with E-state index < -0.39 is 16.1 Å². The molecule has 1 unspecified atom stereocenters. The Morgan fingerprint density at radius 2 is 1.85 bits per heavy atom. The van der Waals surface area contributed by atoms with E-state index in [0.29, 0.717) is 10.6 Å². The minimum atomic E-state index is -3.63. The van der Waals surface area contributed by atoms with E-state index in [1.807, 2.05) is 48.5 Å². The number of halogens is 2. The molecule has 3 aromatic carbocycles. The van der Waals surface area contributed by atoms with Gasteiger partial charge in [0.25, 0.3) is 0 Å². The zero-order valence-corrected chi connectivity index (χ0v) is 17.2. The Bertz CT molecular complexity index is 1150. The Morgan fingerprint density at radius 3 is 2.59 bits per heavy atom. The fraction of sp³-hybridized carbons (Fsp3) is 0.100. The van der Waals surface area contributed by atoms with Gasteiger partial charge >= 0.3 is 0 Å². The van der Waals surface area contributed by atoms with Gasteiger partial charge < -0.3 is 4.74 Å². The lowest BCUT2D eigenvalue weighted by Gasteiger charge is -2.30. The zero-order chi connectivity index (χ0) is 19.2. The molecule has 0 radical (unpaired) electrons. The first-order valence-corrected chi connectivity index (χ1v) is 11.0. The molecule has 2 N–H and O–H groups in total. The Morgan fingerprint density at radius 1 is 1.07 bits per heavy atom. The lowest BCUT2D eigenvalue weighted by atomic mass is 9.88. The average Bonchev–Trinajstić information content (AvgIpc) is 2.59. The molecule has 1 aliphatic heterocycles. The van der Waals surface area contributed by atoms with Gasteiger partial charge in [-0.25, -0.2) is 13.6 Å². The third kappa shape index (κ3) is 3.75. The van der Waals surface area contributed by atoms with E-state index in [9.17, 15) is 8.42 Å². The first-order valence-electron chi connectivity index (χ1n) is 8.16. The molecule has 0 amide bonds. The largest absolute Gasteiger partial charge is 0.480 e. The van der Waals surface area contributed by atoms with Crippen molar-refractivity contribution in [2.24, 2.45) is 5.14 Å². The fourth-order valence-corrected chi connectivity index (χ4v) is 4.76. The van der Waals surface area contributed by atoms with Gasteiger partial charge in [0.2, 0.25) is 10.0 Å². The monoisotopic (exact) mass is 463 g/mol. The molecule has 0 aliphatic carbocycles. The van der Waals surface area contributed by atoms with Crippen LogP contribution in [0.2, 0.25) is 5.02 Å². The van der Waals surface area contributed by atoms with Crippen molar-refractivity contribution >= 4 is 37.6 Å². The third-order valence-corrected chi connectivity index (χ3v) is 6.04. The number of fused-ring (bicyclic) bond motifs is 3. The van der Waals surface area contributed by atoms with E-state index in [-0.39, 0.29) is 5.75 Å². The van der Waals surface area contributed by atoms with Crippen LogP contribution in [0.5, 0.6) is 5.75 Å². The van der Waals surface area contributed by atoms with Crippen molar-refractivity contribution in [1.82, 2.24) is 0 Å². The lowest BCUT2D eigenvalue weighted by molar-refractivity contribution is 0.243. The number of benzene rings is 3. The molecule has 4 rings (SSSR count). The molecule has 0 bridgehead atoms. The summed E-state index contributed by atoms with van der Waals surface area (Å²) in [4.78, 5) is 0. The van der Waals surface area contributed by atoms with Crippen LogP contribution in [0, 0.1) is 0 Å². The summed E-state index contributed by atoms with van der Waals surface area (Å²) in [5.41, 5.74) is 4.29. The summed E-state index contributed by atoms with van der Waals surface area (Å²) in [6.45, 7) is 0. The molecular weight excluding hydrogens is 450 g/mol. The van der Waals surface area contributed by atoms with Crippen molar-refractivity contribution in [1.29, 1.82) is 0 Å². The summed E-state index contributed by atoms with van der Waals surface area (Å²) < 4.78 is 30.3. The van der Waals surface area contributed by atoms with Crippen LogP contribution >= 0.6 is 27.5 Å². The summed E-state index contributed by atoms with van der Waals surface area (Å²) in [6.07, 6.45) is -0.402. The van der Waals surface area contributed by atoms with Crippen LogP contribution < -0.4 is 9.88 Å². The van der Waals surface area contributed by atoms with E-state index >= 15 is 0 Å². The normalized spacial score (nSPS) is 15.6. The zero-order valence-electron chi connectivity index (χ0n) is 14.0. The molecule has 0 fully saturated rings. The molecule has 0 aromatic heterocycles. The highest BCUT2D eigenvalue weighted by molar-refractivity contribution is 9.10. The maximum absolute atomic E-state index is 11.5. The van der Waals surface area contributed by atoms with E-state index in [1.54, 1.807) is 12.1 Å². The SMILES string of the molecule is NS(=O)(=O)Cc1ccc2c(c1)C(c1cccc(Cl)c1)Oc1cccc(Br)c1-2. The molecule has 0 spiro atoms. The number of primary sulfonamides is 1. The Hall–Kier alpha value is -1.86. The number of sulfonamides is 1. The molecule has 1 aliphatic rings. The smallest absolute Gasteiger partial charge is 0.213 e. The van der Waals surface area contributed by atoms with E-state index in [0.717, 1.165) is 32.5 Å². The Balaban J connectivity index is 1.93. The van der Waals surface area contributed by atoms with Crippen molar-refractivity contribution in [2.75, 3.05) is 0 Å². The Kier molecular flexibility index (Phi) is 4.76. The second-order valence-corrected chi connectivity index (χ2v) is 9.30. The highest BCUT2D eigenvalue weighted by atomic mass is 79.9. The summed E-state index contributed by atoms with van der Waals surface area (Å²) in [7, 11) is -3.63. The molecule has 138 valence electrons. The van der Waals surface area contributed by atoms with Gasteiger partial charge in [0.05, 0.1) is 5.75 Å². The van der Waals surface area contributed by atoms with Gasteiger partial charge in [0.1, 0.15) is 11.9 Å². The van der Waals surface area contributed by atoms with Crippen LogP contribution in [-0.2, 0) is 15.8 Å². The molecule has 7 heteroatoms. The summed E-state index contributed by atoms with van der Waals surface area (Å²) >= 11 is 9.77. The molecule has 0 saturated carbocycles. The van der Waals surface area contributed by atoms with Crippen molar-refractivity contribution in [3.63, 3.8) is 0 Å². The van der Waals surface area contributed by atoms with Gasteiger partial charge in [0.15, 0.2) is 0 Å². The van der Waals surface area contributed by atoms with Gasteiger partial charge in [-0.3, -0.25) is 0 Å². The van der Waals surface area contributed by atoms with Gasteiger partial charge in [-0.15, -0.1) is 0 Å². The first-order chi connectivity index (χ1) is 12.8. The van der Waals surface area contributed by atoms with Crippen LogP contribution in [0.25, 0.3) is 11.1 Å². The number of nitrogens with two attached hydrogens (primary N) is 1. The maximum atomic E-state index is 11.5. The Labute approximate surface area is 171 Å². The van der Waals surface area contributed by atoms with Crippen LogP contribution in [-0.4, -0.2) is 8.42 Å². The van der Waals surface area contributed by atoms with Crippen LogP contribution in [0.15, 0.2) is 65.1 Å². The van der Waals surface area contributed by atoms with E-state index in [2.05, 4.69) is 15.9 Å². The molecule has 1 atom stereocenters. The summed E-state index contributed by atoms with van der Waals surface area (Å²) in [6, 6.07) is 18.8. The van der Waals surface area contributed by atoms with Crippen molar-refractivity contribution in [3.05, 3.63) is 86.8 Å². The standard InChI is InChI=1S/C20H15BrClNO3S/c21-17-5-2-6-18-19(17)15-8-7-12(11-27(23,24)25)9-16(15)20(26-18)13-3-1-4-14(22)10-13/h1-10,20H,11H2,(H2,23,24,25). The highest BCUT2D eigenvalue weighted by Gasteiger charge is 2.29. The summed E-state index contributed by atoms with van der Waals surface area (Å²) in [5.74, 6) is 0.520. The minimum absolute atomic E-state index is 0.231. The molecule has 0 saturated heterocycles. The van der Waals surface area contributed by atoms with Gasteiger partial charge in [-0.05, 0) is 41.0 Å². The molecule has 4 nitrogen and oxygen atoms in total. The molecule has 3 aromatic rings. The number of hydrogen-bond donors (Lipinski definition) is 1. The first kappa shape index (κ1) is 18.5. The van der Waals surface area contributed by atoms with Gasteiger partial charge in [-0.1, -0.05) is 63.9 Å². The summed E-state index contributed by atoms with van der Waals surface area (Å²) in [5, 5.41) is 5.84. The van der Waals surface area contributed by atoms with Crippen LogP contribution in [0.1, 0.15) is 22.8 Å². The minimum Gasteiger partial charge on any atom is -0.480 e. The number of rotatable bonds is 3. The third-order valence-electron chi connectivity index (χ3n) is 4.41. The quantitative estimate of drug-likeness (QED) is 0.590. The topological polar surface area (TPSA) is 69.4 Å². The average molecular weight is 465 g/mol. The van der Waals surface area contributed by atoms with E-state index in [1.165, 1.54) is 0 Å². The second-order valence-electron chi connectivity index (χ2n) is 6.39. The van der Waals surface area contributed by atoms with Crippen LogP contribution in [0.4, 0.5) is 0 Å². The van der Waals surface area contributed by atoms with Crippen molar-refractivity contribution in [3.8, 4) is 16.9 Å². The number of ether oxygens (including phenoxy) is 1. The van der Waals surface area contributed by atoms with Crippen molar-refractivity contribution < 1.29 is 13.2 Å². The molecule has 27 heavy (non-hydrogen) atoms. The second kappa shape index (κ2) is 6.95. The lowest BCUT2D eigenvalue weighted by Crippen LogP contribution is -2.18. The predicted octanol–water partition coefficient (Wildman–Crippen LogP) is 5.04. The van der Waals surface area contributed by atoms with Crippen LogP contribution in [0.3, 0.4) is 0 Å². The van der Waals surface area contributed by atoms with Crippen molar-refractivity contribution in [2.45, 2.75) is 11.9 Å². The molecular formula is C20H15BrClNO3S. The fourth-order valence-electron chi connectivity index (χ4n) is 3.35. The maximum Gasteiger partial charge on any atom is 0.213 e. The van der Waals surface area contributed by atoms with Gasteiger partial charge in [-0.2, -0.15) is 0 Å². The number of hydrogen-bond acceptors (Lipinski definition) is 3. The van der Waals surface area contributed by atoms with E-state index in [4.69, 9.17) is 21.5 Å². The van der Waals surface area contributed by atoms with Gasteiger partial charge in [0, 0.05) is 20.6 Å². The highest BCUT2D eigenvalue weighted by Crippen LogP contribution is 2.48.